The van der Waals surface area contributed by atoms with Crippen molar-refractivity contribution in [2.75, 3.05) is 23.0 Å². The number of aromatic nitrogens is 2. The van der Waals surface area contributed by atoms with E-state index in [2.05, 4.69) is 37.9 Å². The Morgan fingerprint density at radius 2 is 1.83 bits per heavy atom. The largest absolute Gasteiger partial charge is 0.327 e. The molecule has 1 spiro atoms. The quantitative estimate of drug-likeness (QED) is 0.236. The van der Waals surface area contributed by atoms with Gasteiger partial charge in [-0.2, -0.15) is 0 Å². The van der Waals surface area contributed by atoms with Gasteiger partial charge in [0.15, 0.2) is 0 Å². The molecule has 2 aliphatic heterocycles. The number of hydrogen-bond acceptors (Lipinski definition) is 5. The van der Waals surface area contributed by atoms with Crippen molar-refractivity contribution in [1.29, 1.82) is 0 Å². The topological polar surface area (TPSA) is 78.4 Å². The molecular weight excluding hydrogens is 639 g/mol. The second-order valence-electron chi connectivity index (χ2n) is 11.8. The summed E-state index contributed by atoms with van der Waals surface area (Å²) >= 11 is 2.22. The third kappa shape index (κ3) is 4.46. The minimum absolute atomic E-state index is 0.0545. The Bertz CT molecular complexity index is 1590. The average Bonchev–Trinajstić information content (AvgIpc) is 3.44. The summed E-state index contributed by atoms with van der Waals surface area (Å²) < 4.78 is 29.2. The van der Waals surface area contributed by atoms with Gasteiger partial charge >= 0.3 is 0 Å². The Kier molecular flexibility index (Phi) is 6.76. The number of nitrogens with one attached hydrogen (secondary N) is 1. The van der Waals surface area contributed by atoms with Gasteiger partial charge < -0.3 is 10.2 Å². The van der Waals surface area contributed by atoms with E-state index >= 15 is 0 Å². The third-order valence-corrected chi connectivity index (χ3v) is 9.74. The van der Waals surface area contributed by atoms with Gasteiger partial charge in [0.1, 0.15) is 17.5 Å². The standard InChI is InChI=1S/C31H30F2IN5O2/c1-29(2)28(41)39(30(3,17-38(29)18-34)21-11-22(32)13-23(33)12-21)9-5-6-19-10-20-14-31(15-25(20)36-16-19)24-7-4-8-35-26(24)37-27(31)40/h4-8,10-13,16H,9,14-15,17-18H2,1-3H3,(H,35,37,40)/b6-5+/t30-,31-/m0/s1. The molecule has 2 amide bonds. The smallest absolute Gasteiger partial charge is 0.243 e. The van der Waals surface area contributed by atoms with E-state index in [9.17, 15) is 18.4 Å². The van der Waals surface area contributed by atoms with Crippen LogP contribution in [0, 0.1) is 11.6 Å². The second-order valence-corrected chi connectivity index (χ2v) is 12.5. The summed E-state index contributed by atoms with van der Waals surface area (Å²) in [5.74, 6) is -0.911. The molecule has 6 rings (SSSR count). The van der Waals surface area contributed by atoms with Gasteiger partial charge in [-0.15, -0.1) is 0 Å². The van der Waals surface area contributed by atoms with Crippen LogP contribution in [-0.4, -0.2) is 54.8 Å². The van der Waals surface area contributed by atoms with Crippen LogP contribution in [0.4, 0.5) is 14.6 Å². The first kappa shape index (κ1) is 27.9. The normalized spacial score (nSPS) is 25.2. The fraction of sp³-hybridized carbons (Fsp3) is 0.355. The van der Waals surface area contributed by atoms with Gasteiger partial charge in [0, 0.05) is 49.2 Å². The Morgan fingerprint density at radius 1 is 1.07 bits per heavy atom. The van der Waals surface area contributed by atoms with Crippen molar-refractivity contribution in [2.24, 2.45) is 0 Å². The molecule has 1 aromatic carbocycles. The van der Waals surface area contributed by atoms with Gasteiger partial charge in [-0.1, -0.05) is 40.8 Å². The number of piperazine rings is 1. The molecule has 0 unspecified atom stereocenters. The van der Waals surface area contributed by atoms with Gasteiger partial charge in [-0.3, -0.25) is 19.5 Å². The molecule has 1 fully saturated rings. The molecule has 7 nitrogen and oxygen atoms in total. The molecule has 41 heavy (non-hydrogen) atoms. The molecule has 1 saturated heterocycles. The van der Waals surface area contributed by atoms with Gasteiger partial charge in [-0.25, -0.2) is 13.8 Å². The lowest BCUT2D eigenvalue weighted by Crippen LogP contribution is -2.69. The molecule has 3 aromatic rings. The lowest BCUT2D eigenvalue weighted by molar-refractivity contribution is -0.159. The fourth-order valence-corrected chi connectivity index (χ4v) is 7.55. The Balaban J connectivity index is 1.28. The van der Waals surface area contributed by atoms with Crippen LogP contribution < -0.4 is 5.32 Å². The number of pyridine rings is 2. The number of anilines is 1. The number of rotatable bonds is 5. The van der Waals surface area contributed by atoms with Crippen LogP contribution in [0.25, 0.3) is 6.08 Å². The predicted octanol–water partition coefficient (Wildman–Crippen LogP) is 4.99. The summed E-state index contributed by atoms with van der Waals surface area (Å²) in [5.41, 5.74) is 1.63. The Morgan fingerprint density at radius 3 is 2.56 bits per heavy atom. The van der Waals surface area contributed by atoms with E-state index in [1.807, 2.05) is 56.0 Å². The van der Waals surface area contributed by atoms with Gasteiger partial charge in [0.2, 0.25) is 11.8 Å². The van der Waals surface area contributed by atoms with E-state index < -0.39 is 28.1 Å². The molecule has 1 N–H and O–H groups in total. The highest BCUT2D eigenvalue weighted by Crippen LogP contribution is 2.46. The first-order chi connectivity index (χ1) is 19.5. The summed E-state index contributed by atoms with van der Waals surface area (Å²) in [7, 11) is 0. The summed E-state index contributed by atoms with van der Waals surface area (Å²) in [6, 6.07) is 9.30. The van der Waals surface area contributed by atoms with E-state index in [4.69, 9.17) is 0 Å². The van der Waals surface area contributed by atoms with Gasteiger partial charge in [0.05, 0.1) is 21.0 Å². The highest BCUT2D eigenvalue weighted by Gasteiger charge is 2.53. The molecule has 2 atom stereocenters. The van der Waals surface area contributed by atoms with Crippen LogP contribution in [-0.2, 0) is 33.4 Å². The van der Waals surface area contributed by atoms with Crippen molar-refractivity contribution in [2.45, 2.75) is 50.1 Å². The van der Waals surface area contributed by atoms with Crippen LogP contribution >= 0.6 is 22.6 Å². The first-order valence-electron chi connectivity index (χ1n) is 13.5. The van der Waals surface area contributed by atoms with Crippen LogP contribution in [0.15, 0.2) is 54.9 Å². The zero-order chi connectivity index (χ0) is 29.2. The molecular formula is C31H30F2IN5O2. The Labute approximate surface area is 251 Å². The molecule has 2 aromatic heterocycles. The monoisotopic (exact) mass is 669 g/mol. The number of fused-ring (bicyclic) bond motifs is 3. The van der Waals surface area contributed by atoms with Crippen molar-refractivity contribution >= 4 is 46.3 Å². The first-order valence-corrected chi connectivity index (χ1v) is 15.0. The molecule has 1 aliphatic carbocycles. The minimum Gasteiger partial charge on any atom is -0.327 e. The number of alkyl halides is 1. The van der Waals surface area contributed by atoms with Crippen LogP contribution in [0.2, 0.25) is 0 Å². The summed E-state index contributed by atoms with van der Waals surface area (Å²) in [4.78, 5) is 39.6. The number of carbonyl (C=O) groups excluding carboxylic acids is 2. The molecule has 3 aliphatic rings. The van der Waals surface area contributed by atoms with Crippen LogP contribution in [0.5, 0.6) is 0 Å². The second kappa shape index (κ2) is 9.94. The van der Waals surface area contributed by atoms with E-state index in [0.29, 0.717) is 35.3 Å². The average molecular weight is 670 g/mol. The molecule has 0 radical (unpaired) electrons. The maximum Gasteiger partial charge on any atom is 0.243 e. The highest BCUT2D eigenvalue weighted by molar-refractivity contribution is 14.1. The summed E-state index contributed by atoms with van der Waals surface area (Å²) in [6.07, 6.45) is 8.29. The highest BCUT2D eigenvalue weighted by atomic mass is 127. The van der Waals surface area contributed by atoms with Crippen molar-refractivity contribution < 1.29 is 18.4 Å². The number of hydrogen-bond donors (Lipinski definition) is 1. The van der Waals surface area contributed by atoms with Gasteiger partial charge in [-0.05, 0) is 68.1 Å². The van der Waals surface area contributed by atoms with E-state index in [-0.39, 0.29) is 18.4 Å². The van der Waals surface area contributed by atoms with E-state index in [1.165, 1.54) is 12.1 Å². The van der Waals surface area contributed by atoms with Gasteiger partial charge in [0.25, 0.3) is 0 Å². The zero-order valence-electron chi connectivity index (χ0n) is 23.0. The molecule has 0 saturated carbocycles. The van der Waals surface area contributed by atoms with E-state index in [1.54, 1.807) is 17.3 Å². The maximum atomic E-state index is 14.3. The molecule has 4 heterocycles. The third-order valence-electron chi connectivity index (χ3n) is 8.91. The number of carbonyl (C=O) groups is 2. The lowest BCUT2D eigenvalue weighted by Gasteiger charge is -2.55. The number of amides is 2. The Hall–Kier alpha value is -3.25. The molecule has 212 valence electrons. The van der Waals surface area contributed by atoms with Crippen molar-refractivity contribution in [3.8, 4) is 0 Å². The van der Waals surface area contributed by atoms with Crippen molar-refractivity contribution in [1.82, 2.24) is 19.8 Å². The summed E-state index contributed by atoms with van der Waals surface area (Å²) in [5, 5.41) is 2.92. The van der Waals surface area contributed by atoms with Crippen LogP contribution in [0.3, 0.4) is 0 Å². The number of benzene rings is 1. The zero-order valence-corrected chi connectivity index (χ0v) is 25.2. The SMILES string of the molecule is CC1(C)C(=O)N(C/C=C/c2cnc3c(c2)C[C@@]2(C3)C(=O)Nc3ncccc32)[C@](C)(c2cc(F)cc(F)c2)CN1CI. The van der Waals surface area contributed by atoms with Crippen molar-refractivity contribution in [3.63, 3.8) is 0 Å². The summed E-state index contributed by atoms with van der Waals surface area (Å²) in [6.45, 7) is 6.28. The fourth-order valence-electron chi connectivity index (χ4n) is 6.45. The lowest BCUT2D eigenvalue weighted by atomic mass is 9.80. The maximum absolute atomic E-state index is 14.3. The predicted molar refractivity (Wildman–Crippen MR) is 160 cm³/mol. The van der Waals surface area contributed by atoms with E-state index in [0.717, 1.165) is 28.5 Å². The number of nitrogens with zero attached hydrogens (tertiary/aromatic N) is 4. The van der Waals surface area contributed by atoms with Crippen LogP contribution in [0.1, 0.15) is 48.7 Å². The molecule has 10 heteroatoms. The van der Waals surface area contributed by atoms with Crippen molar-refractivity contribution in [3.05, 3.63) is 94.5 Å². The minimum atomic E-state index is -0.953. The molecule has 0 bridgehead atoms. The number of halogens is 3.